The third-order valence-corrected chi connectivity index (χ3v) is 2.84. The lowest BCUT2D eigenvalue weighted by Crippen LogP contribution is -2.27. The number of carbonyl (C=O) groups is 1. The number of nitrogen functional groups attached to an aromatic ring is 1. The molecule has 106 valence electrons. The maximum atomic E-state index is 11.9. The van der Waals surface area contributed by atoms with Crippen molar-refractivity contribution in [3.63, 3.8) is 0 Å². The first-order valence-corrected chi connectivity index (χ1v) is 6.35. The molecule has 0 bridgehead atoms. The molecule has 0 unspecified atom stereocenters. The third-order valence-electron chi connectivity index (χ3n) is 2.84. The minimum Gasteiger partial charge on any atom is -0.493 e. The summed E-state index contributed by atoms with van der Waals surface area (Å²) in [5, 5.41) is 6.56. The molecule has 0 aliphatic rings. The van der Waals surface area contributed by atoms with Crippen LogP contribution in [0.1, 0.15) is 12.0 Å². The lowest BCUT2D eigenvalue weighted by Gasteiger charge is -2.16. The molecule has 0 fully saturated rings. The first kappa shape index (κ1) is 13.9. The number of aromatic nitrogens is 2. The maximum absolute atomic E-state index is 11.9. The molecule has 0 spiro atoms. The maximum Gasteiger partial charge on any atom is 0.226 e. The normalized spacial score (nSPS) is 10.2. The minimum atomic E-state index is 0.0232. The molecule has 0 aliphatic heterocycles. The van der Waals surface area contributed by atoms with Crippen LogP contribution in [0, 0.1) is 0 Å². The average Bonchev–Trinajstić information content (AvgIpc) is 2.91. The van der Waals surface area contributed by atoms with Crippen molar-refractivity contribution in [3.8, 4) is 5.75 Å². The summed E-state index contributed by atoms with van der Waals surface area (Å²) >= 11 is 0. The SMILES string of the molecule is CN(Cc1cn[nH]c1)C(=O)CCOc1cccc(N)c1. The molecule has 3 N–H and O–H groups in total. The van der Waals surface area contributed by atoms with Crippen molar-refractivity contribution in [2.24, 2.45) is 0 Å². The van der Waals surface area contributed by atoms with Crippen molar-refractivity contribution in [1.29, 1.82) is 0 Å². The summed E-state index contributed by atoms with van der Waals surface area (Å²) in [6, 6.07) is 7.16. The summed E-state index contributed by atoms with van der Waals surface area (Å²) in [6.07, 6.45) is 3.79. The van der Waals surface area contributed by atoms with Crippen LogP contribution in [0.4, 0.5) is 5.69 Å². The lowest BCUT2D eigenvalue weighted by atomic mass is 10.3. The van der Waals surface area contributed by atoms with Gasteiger partial charge < -0.3 is 15.4 Å². The number of hydrogen-bond donors (Lipinski definition) is 2. The van der Waals surface area contributed by atoms with Crippen molar-refractivity contribution in [2.75, 3.05) is 19.4 Å². The monoisotopic (exact) mass is 274 g/mol. The first-order valence-electron chi connectivity index (χ1n) is 6.35. The van der Waals surface area contributed by atoms with E-state index in [-0.39, 0.29) is 5.91 Å². The zero-order chi connectivity index (χ0) is 14.4. The van der Waals surface area contributed by atoms with E-state index in [1.165, 1.54) is 0 Å². The molecule has 0 saturated heterocycles. The fourth-order valence-corrected chi connectivity index (χ4v) is 1.78. The average molecular weight is 274 g/mol. The number of carbonyl (C=O) groups excluding carboxylic acids is 1. The number of hydrogen-bond acceptors (Lipinski definition) is 4. The zero-order valence-corrected chi connectivity index (χ0v) is 11.4. The van der Waals surface area contributed by atoms with Gasteiger partial charge in [0.05, 0.1) is 19.2 Å². The topological polar surface area (TPSA) is 84.2 Å². The van der Waals surface area contributed by atoms with E-state index in [1.54, 1.807) is 36.5 Å². The zero-order valence-electron chi connectivity index (χ0n) is 11.4. The van der Waals surface area contributed by atoms with Gasteiger partial charge in [0.25, 0.3) is 0 Å². The summed E-state index contributed by atoms with van der Waals surface area (Å²) in [7, 11) is 1.76. The van der Waals surface area contributed by atoms with Gasteiger partial charge in [0.1, 0.15) is 5.75 Å². The summed E-state index contributed by atoms with van der Waals surface area (Å²) in [6.45, 7) is 0.867. The number of nitrogens with two attached hydrogens (primary N) is 1. The highest BCUT2D eigenvalue weighted by Gasteiger charge is 2.10. The predicted molar refractivity (Wildman–Crippen MR) is 76.0 cm³/mol. The molecule has 0 radical (unpaired) electrons. The quantitative estimate of drug-likeness (QED) is 0.780. The number of nitrogens with zero attached hydrogens (tertiary/aromatic N) is 2. The molecule has 1 heterocycles. The third kappa shape index (κ3) is 4.01. The van der Waals surface area contributed by atoms with Crippen molar-refractivity contribution < 1.29 is 9.53 Å². The number of amides is 1. The van der Waals surface area contributed by atoms with Gasteiger partial charge in [-0.3, -0.25) is 9.89 Å². The second-order valence-electron chi connectivity index (χ2n) is 4.53. The molecule has 0 aliphatic carbocycles. The second kappa shape index (κ2) is 6.60. The fourth-order valence-electron chi connectivity index (χ4n) is 1.78. The Bertz CT molecular complexity index is 554. The number of ether oxygens (including phenoxy) is 1. The standard InChI is InChI=1S/C14H18N4O2/c1-18(10-11-8-16-17-9-11)14(19)5-6-20-13-4-2-3-12(15)7-13/h2-4,7-9H,5-6,10,15H2,1H3,(H,16,17). The Balaban J connectivity index is 1.74. The smallest absolute Gasteiger partial charge is 0.226 e. The largest absolute Gasteiger partial charge is 0.493 e. The predicted octanol–water partition coefficient (Wildman–Crippen LogP) is 1.42. The van der Waals surface area contributed by atoms with Crippen molar-refractivity contribution in [3.05, 3.63) is 42.2 Å². The van der Waals surface area contributed by atoms with Crippen LogP contribution in [0.25, 0.3) is 0 Å². The number of anilines is 1. The van der Waals surface area contributed by atoms with Crippen molar-refractivity contribution in [1.82, 2.24) is 15.1 Å². The van der Waals surface area contributed by atoms with Gasteiger partial charge in [-0.25, -0.2) is 0 Å². The van der Waals surface area contributed by atoms with E-state index in [1.807, 2.05) is 12.1 Å². The second-order valence-corrected chi connectivity index (χ2v) is 4.53. The molecule has 20 heavy (non-hydrogen) atoms. The van der Waals surface area contributed by atoms with Gasteiger partial charge in [-0.2, -0.15) is 5.10 Å². The Hall–Kier alpha value is -2.50. The Labute approximate surface area is 117 Å². The molecule has 0 saturated carbocycles. The highest BCUT2D eigenvalue weighted by atomic mass is 16.5. The Morgan fingerprint density at radius 2 is 2.35 bits per heavy atom. The number of benzene rings is 1. The van der Waals surface area contributed by atoms with Crippen LogP contribution in [0.2, 0.25) is 0 Å². The van der Waals surface area contributed by atoms with E-state index in [2.05, 4.69) is 10.2 Å². The molecule has 6 heteroatoms. The van der Waals surface area contributed by atoms with Gasteiger partial charge >= 0.3 is 0 Å². The molecule has 2 aromatic rings. The molecular weight excluding hydrogens is 256 g/mol. The number of rotatable bonds is 6. The first-order chi connectivity index (χ1) is 9.65. The van der Waals surface area contributed by atoms with E-state index < -0.39 is 0 Å². The summed E-state index contributed by atoms with van der Waals surface area (Å²) in [4.78, 5) is 13.6. The van der Waals surface area contributed by atoms with Gasteiger partial charge in [0, 0.05) is 37.1 Å². The minimum absolute atomic E-state index is 0.0232. The highest BCUT2D eigenvalue weighted by molar-refractivity contribution is 5.76. The molecule has 1 aromatic carbocycles. The molecular formula is C14H18N4O2. The van der Waals surface area contributed by atoms with Gasteiger partial charge in [-0.05, 0) is 12.1 Å². The Kier molecular flexibility index (Phi) is 4.60. The van der Waals surface area contributed by atoms with E-state index >= 15 is 0 Å². The summed E-state index contributed by atoms with van der Waals surface area (Å²) in [5.41, 5.74) is 7.26. The molecule has 6 nitrogen and oxygen atoms in total. The van der Waals surface area contributed by atoms with E-state index in [0.29, 0.717) is 31.0 Å². The number of H-pyrrole nitrogens is 1. The van der Waals surface area contributed by atoms with Crippen LogP contribution < -0.4 is 10.5 Å². The molecule has 0 atom stereocenters. The summed E-state index contributed by atoms with van der Waals surface area (Å²) in [5.74, 6) is 0.699. The van der Waals surface area contributed by atoms with Crippen LogP contribution in [0.3, 0.4) is 0 Å². The summed E-state index contributed by atoms with van der Waals surface area (Å²) < 4.78 is 5.50. The number of aromatic amines is 1. The lowest BCUT2D eigenvalue weighted by molar-refractivity contribution is -0.130. The number of nitrogens with one attached hydrogen (secondary N) is 1. The van der Waals surface area contributed by atoms with Crippen LogP contribution in [-0.4, -0.2) is 34.7 Å². The van der Waals surface area contributed by atoms with E-state index in [9.17, 15) is 4.79 Å². The Morgan fingerprint density at radius 3 is 3.05 bits per heavy atom. The van der Waals surface area contributed by atoms with Crippen LogP contribution in [0.15, 0.2) is 36.7 Å². The highest BCUT2D eigenvalue weighted by Crippen LogP contribution is 2.14. The van der Waals surface area contributed by atoms with Crippen molar-refractivity contribution >= 4 is 11.6 Å². The van der Waals surface area contributed by atoms with Crippen LogP contribution >= 0.6 is 0 Å². The molecule has 2 rings (SSSR count). The van der Waals surface area contributed by atoms with Crippen molar-refractivity contribution in [2.45, 2.75) is 13.0 Å². The van der Waals surface area contributed by atoms with E-state index in [0.717, 1.165) is 5.56 Å². The van der Waals surface area contributed by atoms with Gasteiger partial charge in [0.2, 0.25) is 5.91 Å². The van der Waals surface area contributed by atoms with Crippen LogP contribution in [0.5, 0.6) is 5.75 Å². The Morgan fingerprint density at radius 1 is 1.50 bits per heavy atom. The van der Waals surface area contributed by atoms with Gasteiger partial charge in [-0.15, -0.1) is 0 Å². The molecule has 1 amide bonds. The van der Waals surface area contributed by atoms with E-state index in [4.69, 9.17) is 10.5 Å². The fraction of sp³-hybridized carbons (Fsp3) is 0.286. The molecule has 1 aromatic heterocycles. The van der Waals surface area contributed by atoms with Gasteiger partial charge in [0.15, 0.2) is 0 Å². The van der Waals surface area contributed by atoms with Gasteiger partial charge in [-0.1, -0.05) is 6.07 Å². The van der Waals surface area contributed by atoms with Crippen LogP contribution in [-0.2, 0) is 11.3 Å².